The molecule has 0 bridgehead atoms. The van der Waals surface area contributed by atoms with Gasteiger partial charge in [0.05, 0.1) is 5.69 Å². The molecule has 0 fully saturated rings. The van der Waals surface area contributed by atoms with E-state index < -0.39 is 0 Å². The van der Waals surface area contributed by atoms with Crippen molar-refractivity contribution in [2.75, 3.05) is 23.4 Å². The van der Waals surface area contributed by atoms with Gasteiger partial charge in [-0.2, -0.15) is 0 Å². The van der Waals surface area contributed by atoms with Crippen molar-refractivity contribution in [2.45, 2.75) is 12.8 Å². The molecule has 26 heavy (non-hydrogen) atoms. The van der Waals surface area contributed by atoms with Gasteiger partial charge < -0.3 is 11.1 Å². The van der Waals surface area contributed by atoms with Crippen LogP contribution >= 0.6 is 32.9 Å². The van der Waals surface area contributed by atoms with E-state index >= 15 is 0 Å². The van der Waals surface area contributed by atoms with Crippen molar-refractivity contribution in [2.24, 2.45) is 5.73 Å². The number of hydrogen-bond donors (Lipinski definition) is 2. The molecule has 2 aromatic carbocycles. The third-order valence-corrected chi connectivity index (χ3v) is 7.01. The number of anilines is 1. The smallest absolute Gasteiger partial charge is 0.226 e. The lowest BCUT2D eigenvalue weighted by Gasteiger charge is -2.04. The van der Waals surface area contributed by atoms with Gasteiger partial charge in [-0.3, -0.25) is 4.79 Å². The van der Waals surface area contributed by atoms with E-state index in [1.807, 2.05) is 23.6 Å². The molecule has 3 aromatic rings. The maximum Gasteiger partial charge on any atom is 0.226 e. The number of fused-ring (bicyclic) bond motifs is 1. The van der Waals surface area contributed by atoms with Crippen LogP contribution < -0.4 is 11.1 Å². The highest BCUT2D eigenvalue weighted by molar-refractivity contribution is 8.76. The number of aromatic nitrogens is 1. The molecule has 7 heteroatoms. The minimum absolute atomic E-state index is 0.0215. The molecule has 1 heterocycles. The minimum atomic E-state index is 0.0215. The first kappa shape index (κ1) is 19.2. The van der Waals surface area contributed by atoms with Gasteiger partial charge in [0, 0.05) is 35.4 Å². The third-order valence-electron chi connectivity index (χ3n) is 3.73. The molecule has 1 aromatic heterocycles. The molecular weight excluding hydrogens is 382 g/mol. The van der Waals surface area contributed by atoms with Crippen LogP contribution in [0.5, 0.6) is 0 Å². The van der Waals surface area contributed by atoms with Crippen molar-refractivity contribution >= 4 is 54.7 Å². The largest absolute Gasteiger partial charge is 0.330 e. The van der Waals surface area contributed by atoms with E-state index in [-0.39, 0.29) is 5.91 Å². The van der Waals surface area contributed by atoms with Crippen LogP contribution in [0.4, 0.5) is 5.13 Å². The van der Waals surface area contributed by atoms with Crippen LogP contribution in [-0.4, -0.2) is 28.9 Å². The van der Waals surface area contributed by atoms with Crippen LogP contribution in [0.15, 0.2) is 47.8 Å². The fourth-order valence-electron chi connectivity index (χ4n) is 2.54. The summed E-state index contributed by atoms with van der Waals surface area (Å²) in [6, 6.07) is 14.5. The summed E-state index contributed by atoms with van der Waals surface area (Å²) >= 11 is 1.47. The Morgan fingerprint density at radius 1 is 1.12 bits per heavy atom. The van der Waals surface area contributed by atoms with Crippen molar-refractivity contribution in [1.82, 2.24) is 4.98 Å². The number of hydrogen-bond acceptors (Lipinski definition) is 6. The van der Waals surface area contributed by atoms with Gasteiger partial charge in [-0.25, -0.2) is 4.98 Å². The second kappa shape index (κ2) is 9.97. The number of nitrogens with one attached hydrogen (secondary N) is 1. The summed E-state index contributed by atoms with van der Waals surface area (Å²) in [5, 5.41) is 7.93. The predicted molar refractivity (Wildman–Crippen MR) is 117 cm³/mol. The second-order valence-corrected chi connectivity index (χ2v) is 9.21. The molecule has 0 unspecified atom stereocenters. The van der Waals surface area contributed by atoms with Gasteiger partial charge in [0.25, 0.3) is 0 Å². The molecule has 0 saturated heterocycles. The Labute approximate surface area is 165 Å². The molecule has 3 rings (SSSR count). The summed E-state index contributed by atoms with van der Waals surface area (Å²) in [6.45, 7) is 0.696. The molecule has 0 spiro atoms. The van der Waals surface area contributed by atoms with Gasteiger partial charge >= 0.3 is 0 Å². The topological polar surface area (TPSA) is 68.0 Å². The summed E-state index contributed by atoms with van der Waals surface area (Å²) in [5.74, 6) is 1.93. The van der Waals surface area contributed by atoms with Crippen LogP contribution in [0.1, 0.15) is 12.8 Å². The zero-order chi connectivity index (χ0) is 18.2. The number of thiazole rings is 1. The average Bonchev–Trinajstić information content (AvgIpc) is 3.12. The quantitative estimate of drug-likeness (QED) is 0.388. The standard InChI is InChI=1S/C19H21N3OS3/c20-10-12-26-25-11-4-9-18(23)22-19-21-17(13-24-19)16-8-3-6-14-5-1-2-7-15(14)16/h1-3,5-8,13H,4,9-12,20H2,(H,21,22,23). The molecule has 0 saturated carbocycles. The molecule has 0 aliphatic rings. The molecule has 3 N–H and O–H groups in total. The van der Waals surface area contributed by atoms with Crippen LogP contribution in [-0.2, 0) is 4.79 Å². The van der Waals surface area contributed by atoms with Gasteiger partial charge in [0.2, 0.25) is 5.91 Å². The van der Waals surface area contributed by atoms with Gasteiger partial charge in [-0.05, 0) is 17.2 Å². The summed E-state index contributed by atoms with van der Waals surface area (Å²) in [7, 11) is 3.53. The number of rotatable bonds is 9. The van der Waals surface area contributed by atoms with Gasteiger partial charge in [0.1, 0.15) is 0 Å². The van der Waals surface area contributed by atoms with E-state index in [4.69, 9.17) is 5.73 Å². The van der Waals surface area contributed by atoms with Crippen LogP contribution in [0, 0.1) is 0 Å². The van der Waals surface area contributed by atoms with E-state index in [1.165, 1.54) is 22.1 Å². The number of nitrogens with two attached hydrogens (primary N) is 1. The summed E-state index contributed by atoms with van der Waals surface area (Å²) < 4.78 is 0. The maximum atomic E-state index is 12.1. The number of nitrogens with zero attached hydrogens (tertiary/aromatic N) is 1. The van der Waals surface area contributed by atoms with Gasteiger partial charge in [-0.15, -0.1) is 11.3 Å². The Morgan fingerprint density at radius 2 is 1.92 bits per heavy atom. The van der Waals surface area contributed by atoms with Crippen LogP contribution in [0.2, 0.25) is 0 Å². The lowest BCUT2D eigenvalue weighted by Crippen LogP contribution is -2.11. The number of amides is 1. The molecule has 1 amide bonds. The first-order valence-corrected chi connectivity index (χ1v) is 11.8. The molecule has 136 valence electrons. The predicted octanol–water partition coefficient (Wildman–Crippen LogP) is 5.02. The third kappa shape index (κ3) is 5.23. The molecule has 0 radical (unpaired) electrons. The number of benzene rings is 2. The summed E-state index contributed by atoms with van der Waals surface area (Å²) in [6.07, 6.45) is 1.37. The van der Waals surface area contributed by atoms with Crippen molar-refractivity contribution in [3.8, 4) is 11.3 Å². The van der Waals surface area contributed by atoms with E-state index in [0.717, 1.165) is 29.2 Å². The van der Waals surface area contributed by atoms with Crippen molar-refractivity contribution in [1.29, 1.82) is 0 Å². The van der Waals surface area contributed by atoms with E-state index in [2.05, 4.69) is 34.6 Å². The van der Waals surface area contributed by atoms with Crippen molar-refractivity contribution in [3.63, 3.8) is 0 Å². The number of carbonyl (C=O) groups excluding carboxylic acids is 1. The summed E-state index contributed by atoms with van der Waals surface area (Å²) in [4.78, 5) is 16.7. The fraction of sp³-hybridized carbons (Fsp3) is 0.263. The fourth-order valence-corrected chi connectivity index (χ4v) is 5.21. The SMILES string of the molecule is NCCSSCCCC(=O)Nc1nc(-c2cccc3ccccc23)cs1. The molecule has 0 atom stereocenters. The Bertz CT molecular complexity index is 861. The number of carbonyl (C=O) groups is 1. The van der Waals surface area contributed by atoms with Crippen molar-refractivity contribution < 1.29 is 4.79 Å². The monoisotopic (exact) mass is 403 g/mol. The highest BCUT2D eigenvalue weighted by atomic mass is 33.1. The Balaban J connectivity index is 1.57. The molecule has 0 aliphatic heterocycles. The van der Waals surface area contributed by atoms with Crippen molar-refractivity contribution in [3.05, 3.63) is 47.8 Å². The lowest BCUT2D eigenvalue weighted by molar-refractivity contribution is -0.116. The minimum Gasteiger partial charge on any atom is -0.330 e. The van der Waals surface area contributed by atoms with Crippen LogP contribution in [0.25, 0.3) is 22.0 Å². The van der Waals surface area contributed by atoms with E-state index in [9.17, 15) is 4.79 Å². The lowest BCUT2D eigenvalue weighted by atomic mass is 10.0. The first-order valence-electron chi connectivity index (χ1n) is 8.46. The zero-order valence-electron chi connectivity index (χ0n) is 14.3. The second-order valence-electron chi connectivity index (χ2n) is 5.65. The highest BCUT2D eigenvalue weighted by Crippen LogP contribution is 2.31. The summed E-state index contributed by atoms with van der Waals surface area (Å²) in [5.41, 5.74) is 7.44. The maximum absolute atomic E-state index is 12.1. The average molecular weight is 404 g/mol. The molecular formula is C19H21N3OS3. The normalized spacial score (nSPS) is 11.0. The van der Waals surface area contributed by atoms with Gasteiger partial charge in [0.15, 0.2) is 5.13 Å². The Hall–Kier alpha value is -1.54. The van der Waals surface area contributed by atoms with E-state index in [1.54, 1.807) is 21.6 Å². The molecule has 0 aliphatic carbocycles. The van der Waals surface area contributed by atoms with Gasteiger partial charge in [-0.1, -0.05) is 64.1 Å². The highest BCUT2D eigenvalue weighted by Gasteiger charge is 2.10. The Kier molecular flexibility index (Phi) is 7.37. The first-order chi connectivity index (χ1) is 12.8. The zero-order valence-corrected chi connectivity index (χ0v) is 16.8. The van der Waals surface area contributed by atoms with E-state index in [0.29, 0.717) is 18.1 Å². The molecule has 4 nitrogen and oxygen atoms in total. The van der Waals surface area contributed by atoms with Crippen LogP contribution in [0.3, 0.4) is 0 Å². The Morgan fingerprint density at radius 3 is 2.81 bits per heavy atom.